The van der Waals surface area contributed by atoms with Crippen LogP contribution in [0.5, 0.6) is 5.75 Å². The van der Waals surface area contributed by atoms with Gasteiger partial charge < -0.3 is 9.47 Å². The summed E-state index contributed by atoms with van der Waals surface area (Å²) in [6.07, 6.45) is 6.20. The first-order chi connectivity index (χ1) is 9.20. The van der Waals surface area contributed by atoms with Gasteiger partial charge in [-0.3, -0.25) is 0 Å². The molecule has 1 aliphatic rings. The molecule has 1 aromatic carbocycles. The number of carbonyl (C=O) groups excluding carboxylic acids is 1. The molecule has 0 amide bonds. The summed E-state index contributed by atoms with van der Waals surface area (Å²) in [5.41, 5.74) is -0.0231. The number of hydrogen-bond acceptors (Lipinski definition) is 3. The molecule has 0 aliphatic heterocycles. The van der Waals surface area contributed by atoms with E-state index >= 15 is 0 Å². The highest BCUT2D eigenvalue weighted by Gasteiger charge is 2.20. The maximum Gasteiger partial charge on any atom is 0.341 e. The maximum atomic E-state index is 13.7. The van der Waals surface area contributed by atoms with Crippen molar-refractivity contribution in [2.75, 3.05) is 7.11 Å². The number of carbonyl (C=O) groups is 1. The van der Waals surface area contributed by atoms with E-state index in [0.29, 0.717) is 5.75 Å². The van der Waals surface area contributed by atoms with E-state index < -0.39 is 11.8 Å². The van der Waals surface area contributed by atoms with Gasteiger partial charge in [-0.2, -0.15) is 0 Å². The van der Waals surface area contributed by atoms with Crippen molar-refractivity contribution >= 4 is 5.97 Å². The molecule has 0 atom stereocenters. The molecule has 0 unspecified atom stereocenters. The predicted molar refractivity (Wildman–Crippen MR) is 69.9 cm³/mol. The lowest BCUT2D eigenvalue weighted by atomic mass is 10.1. The normalized spacial score (nSPS) is 16.7. The number of rotatable bonds is 3. The van der Waals surface area contributed by atoms with Crippen LogP contribution in [0.1, 0.15) is 48.9 Å². The molecular formula is C15H19FO3. The largest absolute Gasteiger partial charge is 0.497 e. The second-order valence-electron chi connectivity index (χ2n) is 4.86. The topological polar surface area (TPSA) is 35.5 Å². The molecule has 0 heterocycles. The van der Waals surface area contributed by atoms with Crippen molar-refractivity contribution in [3.63, 3.8) is 0 Å². The van der Waals surface area contributed by atoms with Crippen LogP contribution in [0.15, 0.2) is 18.2 Å². The molecule has 1 aliphatic carbocycles. The molecule has 0 spiro atoms. The zero-order valence-corrected chi connectivity index (χ0v) is 11.2. The van der Waals surface area contributed by atoms with E-state index in [-0.39, 0.29) is 11.7 Å². The van der Waals surface area contributed by atoms with Gasteiger partial charge in [0, 0.05) is 6.07 Å². The van der Waals surface area contributed by atoms with Gasteiger partial charge in [0.1, 0.15) is 17.7 Å². The molecule has 2 rings (SSSR count). The maximum absolute atomic E-state index is 13.7. The van der Waals surface area contributed by atoms with Gasteiger partial charge in [-0.15, -0.1) is 0 Å². The van der Waals surface area contributed by atoms with Gasteiger partial charge in [0.15, 0.2) is 0 Å². The Morgan fingerprint density at radius 3 is 2.47 bits per heavy atom. The third kappa shape index (κ3) is 3.69. The van der Waals surface area contributed by atoms with E-state index in [1.165, 1.54) is 32.1 Å². The molecule has 0 saturated heterocycles. The Balaban J connectivity index is 2.02. The number of methoxy groups -OCH3 is 1. The number of esters is 1. The molecule has 19 heavy (non-hydrogen) atoms. The molecule has 4 heteroatoms. The van der Waals surface area contributed by atoms with Gasteiger partial charge in [0.05, 0.1) is 12.7 Å². The van der Waals surface area contributed by atoms with Gasteiger partial charge in [-0.25, -0.2) is 9.18 Å². The Morgan fingerprint density at radius 1 is 1.21 bits per heavy atom. The minimum atomic E-state index is -0.599. The van der Waals surface area contributed by atoms with Crippen molar-refractivity contribution in [3.8, 4) is 5.75 Å². The Hall–Kier alpha value is -1.58. The third-order valence-electron chi connectivity index (χ3n) is 3.47. The highest BCUT2D eigenvalue weighted by molar-refractivity contribution is 5.90. The first-order valence-electron chi connectivity index (χ1n) is 6.75. The molecule has 1 aromatic rings. The summed E-state index contributed by atoms with van der Waals surface area (Å²) >= 11 is 0. The first-order valence-corrected chi connectivity index (χ1v) is 6.75. The summed E-state index contributed by atoms with van der Waals surface area (Å²) in [6, 6.07) is 4.17. The summed E-state index contributed by atoms with van der Waals surface area (Å²) in [5, 5.41) is 0. The second kappa shape index (κ2) is 6.55. The minimum Gasteiger partial charge on any atom is -0.497 e. The summed E-state index contributed by atoms with van der Waals surface area (Å²) in [6.45, 7) is 0. The first kappa shape index (κ1) is 13.8. The van der Waals surface area contributed by atoms with Gasteiger partial charge in [0.25, 0.3) is 0 Å². The van der Waals surface area contributed by atoms with Crippen molar-refractivity contribution in [1.29, 1.82) is 0 Å². The van der Waals surface area contributed by atoms with E-state index in [1.54, 1.807) is 6.07 Å². The summed E-state index contributed by atoms with van der Waals surface area (Å²) in [7, 11) is 1.46. The Morgan fingerprint density at radius 2 is 1.89 bits per heavy atom. The monoisotopic (exact) mass is 266 g/mol. The quantitative estimate of drug-likeness (QED) is 0.618. The van der Waals surface area contributed by atoms with Crippen LogP contribution in [0.4, 0.5) is 4.39 Å². The summed E-state index contributed by atoms with van der Waals surface area (Å²) < 4.78 is 24.0. The van der Waals surface area contributed by atoms with Crippen molar-refractivity contribution in [2.24, 2.45) is 0 Å². The average Bonchev–Trinajstić information content (AvgIpc) is 2.67. The molecule has 1 fully saturated rings. The van der Waals surface area contributed by atoms with Gasteiger partial charge in [-0.1, -0.05) is 12.8 Å². The van der Waals surface area contributed by atoms with E-state index in [4.69, 9.17) is 9.47 Å². The number of halogens is 1. The summed E-state index contributed by atoms with van der Waals surface area (Å²) in [5.74, 6) is -0.784. The highest BCUT2D eigenvalue weighted by atomic mass is 19.1. The Labute approximate surface area is 112 Å². The van der Waals surface area contributed by atoms with Gasteiger partial charge in [0.2, 0.25) is 0 Å². The van der Waals surface area contributed by atoms with Crippen LogP contribution in [0.3, 0.4) is 0 Å². The van der Waals surface area contributed by atoms with Crippen LogP contribution < -0.4 is 4.74 Å². The predicted octanol–water partition coefficient (Wildman–Crippen LogP) is 3.71. The smallest absolute Gasteiger partial charge is 0.341 e. The average molecular weight is 266 g/mol. The molecule has 1 saturated carbocycles. The van der Waals surface area contributed by atoms with Crippen molar-refractivity contribution in [1.82, 2.24) is 0 Å². The lowest BCUT2D eigenvalue weighted by molar-refractivity contribution is 0.0262. The zero-order chi connectivity index (χ0) is 13.7. The standard InChI is InChI=1S/C15H19FO3/c1-18-12-8-9-13(14(16)10-12)15(17)19-11-6-4-2-3-5-7-11/h8-11H,2-7H2,1H3. The van der Waals surface area contributed by atoms with Crippen molar-refractivity contribution in [3.05, 3.63) is 29.6 Å². The molecule has 104 valence electrons. The van der Waals surface area contributed by atoms with Crippen LogP contribution in [0, 0.1) is 5.82 Å². The molecular weight excluding hydrogens is 247 g/mol. The van der Waals surface area contributed by atoms with Crippen LogP contribution in [0.2, 0.25) is 0 Å². The fraction of sp³-hybridized carbons (Fsp3) is 0.533. The van der Waals surface area contributed by atoms with E-state index in [2.05, 4.69) is 0 Å². The summed E-state index contributed by atoms with van der Waals surface area (Å²) in [4.78, 5) is 11.9. The Kier molecular flexibility index (Phi) is 4.77. The fourth-order valence-corrected chi connectivity index (χ4v) is 2.36. The fourth-order valence-electron chi connectivity index (χ4n) is 2.36. The van der Waals surface area contributed by atoms with Crippen LogP contribution in [0.25, 0.3) is 0 Å². The second-order valence-corrected chi connectivity index (χ2v) is 4.86. The number of benzene rings is 1. The van der Waals surface area contributed by atoms with Crippen LogP contribution in [-0.2, 0) is 4.74 Å². The van der Waals surface area contributed by atoms with E-state index in [9.17, 15) is 9.18 Å². The lowest BCUT2D eigenvalue weighted by Gasteiger charge is -2.15. The minimum absolute atomic E-state index is 0.0231. The molecule has 0 bridgehead atoms. The number of hydrogen-bond donors (Lipinski definition) is 0. The molecule has 0 N–H and O–H groups in total. The lowest BCUT2D eigenvalue weighted by Crippen LogP contribution is -2.18. The van der Waals surface area contributed by atoms with E-state index in [0.717, 1.165) is 25.7 Å². The van der Waals surface area contributed by atoms with Gasteiger partial charge in [-0.05, 0) is 37.8 Å². The molecule has 3 nitrogen and oxygen atoms in total. The number of ether oxygens (including phenoxy) is 2. The molecule has 0 radical (unpaired) electrons. The third-order valence-corrected chi connectivity index (χ3v) is 3.47. The van der Waals surface area contributed by atoms with Crippen LogP contribution >= 0.6 is 0 Å². The molecule has 0 aromatic heterocycles. The van der Waals surface area contributed by atoms with Gasteiger partial charge >= 0.3 is 5.97 Å². The SMILES string of the molecule is COc1ccc(C(=O)OC2CCCCCC2)c(F)c1. The Bertz CT molecular complexity index is 437. The zero-order valence-electron chi connectivity index (χ0n) is 11.2. The van der Waals surface area contributed by atoms with E-state index in [1.807, 2.05) is 0 Å². The van der Waals surface area contributed by atoms with Crippen LogP contribution in [-0.4, -0.2) is 19.2 Å². The van der Waals surface area contributed by atoms with Crippen molar-refractivity contribution in [2.45, 2.75) is 44.6 Å². The van der Waals surface area contributed by atoms with Crippen molar-refractivity contribution < 1.29 is 18.7 Å². The highest BCUT2D eigenvalue weighted by Crippen LogP contribution is 2.22.